The highest BCUT2D eigenvalue weighted by Crippen LogP contribution is 2.34. The molecule has 10 heteroatoms. The third kappa shape index (κ3) is 8.44. The van der Waals surface area contributed by atoms with E-state index in [2.05, 4.69) is 16.8 Å². The second kappa shape index (κ2) is 14.0. The summed E-state index contributed by atoms with van der Waals surface area (Å²) in [6.45, 7) is 10.7. The average Bonchev–Trinajstić information content (AvgIpc) is 2.94. The predicted molar refractivity (Wildman–Crippen MR) is 144 cm³/mol. The lowest BCUT2D eigenvalue weighted by molar-refractivity contribution is -0.137. The Morgan fingerprint density at radius 3 is 2.41 bits per heavy atom. The third-order valence-electron chi connectivity index (χ3n) is 6.91. The summed E-state index contributed by atoms with van der Waals surface area (Å²) in [4.78, 5) is 16.0. The largest absolute Gasteiger partial charge is 0.491 e. The molecule has 2 fully saturated rings. The Balaban J connectivity index is 1.52. The van der Waals surface area contributed by atoms with E-state index in [1.807, 2.05) is 26.0 Å². The van der Waals surface area contributed by atoms with Crippen LogP contribution in [0.1, 0.15) is 57.1 Å². The fourth-order valence-electron chi connectivity index (χ4n) is 4.76. The maximum Gasteiger partial charge on any atom is 0.417 e. The number of nitrogens with one attached hydrogen (secondary N) is 1. The van der Waals surface area contributed by atoms with Crippen LogP contribution < -0.4 is 5.32 Å². The van der Waals surface area contributed by atoms with E-state index in [1.165, 1.54) is 12.1 Å². The fourth-order valence-corrected chi connectivity index (χ4v) is 4.76. The van der Waals surface area contributed by atoms with Crippen LogP contribution in [-0.2, 0) is 15.7 Å². The van der Waals surface area contributed by atoms with Crippen LogP contribution in [0.3, 0.4) is 0 Å². The molecule has 0 atom stereocenters. The van der Waals surface area contributed by atoms with Gasteiger partial charge in [0.05, 0.1) is 29.9 Å². The summed E-state index contributed by atoms with van der Waals surface area (Å²) in [5, 5.41) is 12.2. The number of alkyl halides is 3. The molecule has 3 rings (SSSR count). The van der Waals surface area contributed by atoms with Crippen LogP contribution in [0, 0.1) is 11.3 Å². The molecule has 0 unspecified atom stereocenters. The number of carbonyl (C=O) groups excluding carboxylic acids is 1. The van der Waals surface area contributed by atoms with Crippen LogP contribution >= 0.6 is 0 Å². The van der Waals surface area contributed by atoms with Crippen molar-refractivity contribution in [3.05, 3.63) is 65.6 Å². The van der Waals surface area contributed by atoms with Gasteiger partial charge in [0, 0.05) is 49.7 Å². The summed E-state index contributed by atoms with van der Waals surface area (Å²) in [5.74, 6) is 0.730. The zero-order valence-electron chi connectivity index (χ0n) is 22.6. The summed E-state index contributed by atoms with van der Waals surface area (Å²) >= 11 is 0. The molecule has 1 saturated carbocycles. The van der Waals surface area contributed by atoms with Crippen molar-refractivity contribution in [3.8, 4) is 6.07 Å². The molecule has 7 nitrogen and oxygen atoms in total. The fraction of sp³-hybridized carbons (Fsp3) is 0.517. The van der Waals surface area contributed by atoms with E-state index in [1.54, 1.807) is 17.0 Å². The minimum atomic E-state index is -4.58. The second-order valence-electron chi connectivity index (χ2n) is 9.66. The van der Waals surface area contributed by atoms with Crippen molar-refractivity contribution in [2.75, 3.05) is 38.1 Å². The number of nitrogens with zero attached hydrogens (tertiary/aromatic N) is 3. The lowest BCUT2D eigenvalue weighted by atomic mass is 9.92. The molecular formula is C29H37F3N4O3. The van der Waals surface area contributed by atoms with Gasteiger partial charge in [-0.2, -0.15) is 18.4 Å². The van der Waals surface area contributed by atoms with E-state index < -0.39 is 11.7 Å². The molecule has 0 aromatic heterocycles. The van der Waals surface area contributed by atoms with Gasteiger partial charge in [0.25, 0.3) is 0 Å². The molecule has 1 aromatic rings. The molecular weight excluding hydrogens is 509 g/mol. The van der Waals surface area contributed by atoms with E-state index in [-0.39, 0.29) is 23.8 Å². The molecule has 1 aromatic carbocycles. The number of carbonyl (C=O) groups is 1. The van der Waals surface area contributed by atoms with Crippen molar-refractivity contribution in [3.63, 3.8) is 0 Å². The van der Waals surface area contributed by atoms with E-state index in [0.717, 1.165) is 49.6 Å². The summed E-state index contributed by atoms with van der Waals surface area (Å²) in [5.41, 5.74) is -0.0295. The van der Waals surface area contributed by atoms with E-state index >= 15 is 0 Å². The molecule has 1 heterocycles. The summed E-state index contributed by atoms with van der Waals surface area (Å²) in [6.07, 6.45) is 4.58. The molecule has 1 saturated heterocycles. The maximum atomic E-state index is 13.3. The van der Waals surface area contributed by atoms with Gasteiger partial charge >= 0.3 is 12.3 Å². The van der Waals surface area contributed by atoms with Gasteiger partial charge in [-0.15, -0.1) is 0 Å². The SMILES string of the molecule is C=C/C(=C\C(=C/C)OC1CCC(Nc2ccc(C#N)c(C(F)(F)F)c2)CC1)N1CCN(C(=O)OCCC)CC1. The summed E-state index contributed by atoms with van der Waals surface area (Å²) in [6, 6.07) is 5.36. The Morgan fingerprint density at radius 1 is 1.18 bits per heavy atom. The molecule has 1 N–H and O–H groups in total. The van der Waals surface area contributed by atoms with Gasteiger partial charge in [-0.3, -0.25) is 0 Å². The molecule has 0 bridgehead atoms. The van der Waals surface area contributed by atoms with Crippen molar-refractivity contribution in [1.82, 2.24) is 9.80 Å². The summed E-state index contributed by atoms with van der Waals surface area (Å²) in [7, 11) is 0. The van der Waals surface area contributed by atoms with Crippen molar-refractivity contribution >= 4 is 11.8 Å². The quantitative estimate of drug-likeness (QED) is 0.283. The molecule has 1 aliphatic heterocycles. The number of hydrogen-bond donors (Lipinski definition) is 1. The zero-order chi connectivity index (χ0) is 28.4. The Morgan fingerprint density at radius 2 is 1.85 bits per heavy atom. The van der Waals surface area contributed by atoms with Gasteiger partial charge in [-0.1, -0.05) is 13.5 Å². The number of piperazine rings is 1. The monoisotopic (exact) mass is 546 g/mol. The van der Waals surface area contributed by atoms with Crippen LogP contribution in [0.4, 0.5) is 23.7 Å². The lowest BCUT2D eigenvalue weighted by Gasteiger charge is -2.36. The minimum Gasteiger partial charge on any atom is -0.491 e. The molecule has 2 aliphatic rings. The average molecular weight is 547 g/mol. The maximum absolute atomic E-state index is 13.3. The Bertz CT molecular complexity index is 1090. The number of rotatable bonds is 9. The Labute approximate surface area is 228 Å². The first kappa shape index (κ1) is 29.9. The topological polar surface area (TPSA) is 77.8 Å². The minimum absolute atomic E-state index is 0.00607. The number of nitriles is 1. The van der Waals surface area contributed by atoms with Crippen LogP contribution in [0.5, 0.6) is 0 Å². The predicted octanol–water partition coefficient (Wildman–Crippen LogP) is 6.45. The van der Waals surface area contributed by atoms with E-state index in [4.69, 9.17) is 14.7 Å². The first-order valence-electron chi connectivity index (χ1n) is 13.4. The van der Waals surface area contributed by atoms with Crippen LogP contribution in [0.2, 0.25) is 0 Å². The number of hydrogen-bond acceptors (Lipinski definition) is 6. The highest BCUT2D eigenvalue weighted by molar-refractivity contribution is 5.67. The van der Waals surface area contributed by atoms with Crippen molar-refractivity contribution in [2.24, 2.45) is 0 Å². The van der Waals surface area contributed by atoms with Gasteiger partial charge in [-0.05, 0) is 69.4 Å². The molecule has 212 valence electrons. The first-order chi connectivity index (χ1) is 18.7. The third-order valence-corrected chi connectivity index (χ3v) is 6.91. The Kier molecular flexibility index (Phi) is 10.7. The molecule has 1 amide bonds. The number of allylic oxidation sites excluding steroid dienone is 3. The number of halogens is 3. The Hall–Kier alpha value is -3.61. The highest BCUT2D eigenvalue weighted by Gasteiger charge is 2.34. The zero-order valence-corrected chi connectivity index (χ0v) is 22.6. The van der Waals surface area contributed by atoms with Crippen molar-refractivity contribution in [1.29, 1.82) is 5.26 Å². The van der Waals surface area contributed by atoms with Gasteiger partial charge in [0.2, 0.25) is 0 Å². The number of anilines is 1. The van der Waals surface area contributed by atoms with Crippen LogP contribution in [0.25, 0.3) is 0 Å². The first-order valence-corrected chi connectivity index (χ1v) is 13.4. The number of amides is 1. The van der Waals surface area contributed by atoms with Crippen LogP contribution in [0.15, 0.2) is 54.5 Å². The molecule has 39 heavy (non-hydrogen) atoms. The molecule has 0 spiro atoms. The highest BCUT2D eigenvalue weighted by atomic mass is 19.4. The van der Waals surface area contributed by atoms with Gasteiger partial charge in [0.15, 0.2) is 0 Å². The number of benzene rings is 1. The smallest absolute Gasteiger partial charge is 0.417 e. The second-order valence-corrected chi connectivity index (χ2v) is 9.66. The molecule has 0 radical (unpaired) electrons. The van der Waals surface area contributed by atoms with Gasteiger partial charge in [-0.25, -0.2) is 4.79 Å². The van der Waals surface area contributed by atoms with Gasteiger partial charge in [0.1, 0.15) is 5.76 Å². The number of ether oxygens (including phenoxy) is 2. The van der Waals surface area contributed by atoms with E-state index in [0.29, 0.717) is 38.5 Å². The van der Waals surface area contributed by atoms with Crippen molar-refractivity contribution < 1.29 is 27.4 Å². The standard InChI is InChI=1S/C29H37F3N4O3/c1-4-17-38-28(37)36-15-13-35(14-16-36)24(5-2)19-25(6-3)39-26-11-9-22(10-12-26)34-23-8-7-21(20-33)27(18-23)29(30,31)32/h5-8,18-19,22,26,34H,2,4,9-17H2,1,3H3/b24-19+,25-6+. The van der Waals surface area contributed by atoms with Crippen molar-refractivity contribution in [2.45, 2.75) is 64.3 Å². The van der Waals surface area contributed by atoms with E-state index in [9.17, 15) is 18.0 Å². The normalized spacial score (nSPS) is 20.7. The molecule has 1 aliphatic carbocycles. The van der Waals surface area contributed by atoms with Gasteiger partial charge < -0.3 is 24.6 Å². The van der Waals surface area contributed by atoms with Crippen LogP contribution in [-0.4, -0.2) is 60.8 Å². The lowest BCUT2D eigenvalue weighted by Crippen LogP contribution is -2.48. The summed E-state index contributed by atoms with van der Waals surface area (Å²) < 4.78 is 51.4.